The minimum Gasteiger partial charge on any atom is -0.355 e. The second kappa shape index (κ2) is 11.9. The molecule has 4 heterocycles. The number of nitrogens with two attached hydrogens (primary N) is 1. The van der Waals surface area contributed by atoms with Gasteiger partial charge in [0.1, 0.15) is 5.82 Å². The van der Waals surface area contributed by atoms with Gasteiger partial charge in [0.25, 0.3) is 5.91 Å². The van der Waals surface area contributed by atoms with Gasteiger partial charge in [-0.2, -0.15) is 9.29 Å². The maximum atomic E-state index is 13.7. The van der Waals surface area contributed by atoms with Gasteiger partial charge in [0, 0.05) is 76.4 Å². The lowest BCUT2D eigenvalue weighted by molar-refractivity contribution is 0.0990. The van der Waals surface area contributed by atoms with Gasteiger partial charge in [-0.3, -0.25) is 9.10 Å². The molecule has 3 aliphatic heterocycles. The standard InChI is InChI=1S/C30H38N8O5S2/c1-21-18-28(36-12-11-23(31)20-36)33-30(32-21)35-14-16-37(17-15-35)45(42,43)24-8-9-26-22(19-24)10-13-38(26)29(39)25-6-4-5-7-27(25)34(2)44(3,40)41/h4-9,18-19,23H,10-17,20,31H2,1-3H3/t23-/m0/s1. The summed E-state index contributed by atoms with van der Waals surface area (Å²) in [6.07, 6.45) is 2.49. The third-order valence-corrected chi connectivity index (χ3v) is 11.8. The first-order valence-corrected chi connectivity index (χ1v) is 18.2. The van der Waals surface area contributed by atoms with E-state index in [-0.39, 0.29) is 41.2 Å². The number of carbonyl (C=O) groups is 1. The van der Waals surface area contributed by atoms with E-state index in [2.05, 4.69) is 9.88 Å². The molecule has 2 saturated heterocycles. The van der Waals surface area contributed by atoms with Crippen molar-refractivity contribution < 1.29 is 21.6 Å². The van der Waals surface area contributed by atoms with Crippen LogP contribution in [0.2, 0.25) is 0 Å². The lowest BCUT2D eigenvalue weighted by atomic mass is 10.1. The molecule has 0 aliphatic carbocycles. The van der Waals surface area contributed by atoms with E-state index in [1.165, 1.54) is 17.4 Å². The number of benzene rings is 2. The van der Waals surface area contributed by atoms with Crippen LogP contribution in [0.15, 0.2) is 53.4 Å². The lowest BCUT2D eigenvalue weighted by Gasteiger charge is -2.34. The Labute approximate surface area is 264 Å². The lowest BCUT2D eigenvalue weighted by Crippen LogP contribution is -2.49. The molecule has 6 rings (SSSR count). The molecule has 1 atom stereocenters. The van der Waals surface area contributed by atoms with Gasteiger partial charge in [-0.25, -0.2) is 21.8 Å². The van der Waals surface area contributed by atoms with Crippen molar-refractivity contribution in [3.05, 3.63) is 65.4 Å². The average Bonchev–Trinajstić information content (AvgIpc) is 3.65. The third kappa shape index (κ3) is 6.09. The fourth-order valence-electron chi connectivity index (χ4n) is 6.12. The van der Waals surface area contributed by atoms with Gasteiger partial charge in [-0.15, -0.1) is 0 Å². The first-order valence-electron chi connectivity index (χ1n) is 14.9. The molecular weight excluding hydrogens is 617 g/mol. The summed E-state index contributed by atoms with van der Waals surface area (Å²) in [4.78, 5) is 29.0. The number of carbonyl (C=O) groups excluding carboxylic acids is 1. The summed E-state index contributed by atoms with van der Waals surface area (Å²) in [6.45, 7) is 5.38. The number of fused-ring (bicyclic) bond motifs is 1. The number of anilines is 4. The second-order valence-corrected chi connectivity index (χ2v) is 15.8. The zero-order valence-corrected chi connectivity index (χ0v) is 27.3. The zero-order chi connectivity index (χ0) is 32.1. The molecule has 1 aromatic heterocycles. The van der Waals surface area contributed by atoms with E-state index >= 15 is 0 Å². The van der Waals surface area contributed by atoms with E-state index in [4.69, 9.17) is 10.7 Å². The molecular formula is C30H38N8O5S2. The summed E-state index contributed by atoms with van der Waals surface area (Å²) in [5, 5.41) is 0. The van der Waals surface area contributed by atoms with Crippen LogP contribution in [0.5, 0.6) is 0 Å². The molecule has 45 heavy (non-hydrogen) atoms. The summed E-state index contributed by atoms with van der Waals surface area (Å²) in [6, 6.07) is 13.5. The Morgan fingerprint density at radius 2 is 1.67 bits per heavy atom. The molecule has 3 aromatic rings. The SMILES string of the molecule is Cc1cc(N2CC[C@H](N)C2)nc(N2CCN(S(=O)(=O)c3ccc4c(c3)CCN4C(=O)c3ccccc3N(C)S(C)(=O)=O)CC2)n1. The molecule has 0 saturated carbocycles. The summed E-state index contributed by atoms with van der Waals surface area (Å²) < 4.78 is 54.4. The molecule has 2 N–H and O–H groups in total. The Morgan fingerprint density at radius 1 is 0.933 bits per heavy atom. The molecule has 0 unspecified atom stereocenters. The molecule has 2 aromatic carbocycles. The first-order chi connectivity index (χ1) is 21.3. The molecule has 240 valence electrons. The number of aromatic nitrogens is 2. The molecule has 0 radical (unpaired) electrons. The number of hydrogen-bond donors (Lipinski definition) is 1. The van der Waals surface area contributed by atoms with Crippen molar-refractivity contribution in [1.29, 1.82) is 0 Å². The normalized spacial score (nSPS) is 19.2. The summed E-state index contributed by atoms with van der Waals surface area (Å²) >= 11 is 0. The maximum Gasteiger partial charge on any atom is 0.260 e. The minimum atomic E-state index is -3.78. The summed E-state index contributed by atoms with van der Waals surface area (Å²) in [5.41, 5.74) is 8.84. The highest BCUT2D eigenvalue weighted by atomic mass is 32.2. The monoisotopic (exact) mass is 654 g/mol. The molecule has 0 bridgehead atoms. The van der Waals surface area contributed by atoms with Crippen molar-refractivity contribution in [2.75, 3.05) is 78.1 Å². The fourth-order valence-corrected chi connectivity index (χ4v) is 8.11. The van der Waals surface area contributed by atoms with Gasteiger partial charge in [0.05, 0.1) is 22.4 Å². The van der Waals surface area contributed by atoms with Gasteiger partial charge < -0.3 is 20.4 Å². The van der Waals surface area contributed by atoms with E-state index < -0.39 is 20.0 Å². The fraction of sp³-hybridized carbons (Fsp3) is 0.433. The van der Waals surface area contributed by atoms with Gasteiger partial charge in [0.15, 0.2) is 0 Å². The number of amides is 1. The Balaban J connectivity index is 1.16. The average molecular weight is 655 g/mol. The van der Waals surface area contributed by atoms with Crippen LogP contribution in [0.4, 0.5) is 23.1 Å². The Bertz CT molecular complexity index is 1840. The van der Waals surface area contributed by atoms with Crippen molar-refractivity contribution in [1.82, 2.24) is 14.3 Å². The predicted octanol–water partition coefficient (Wildman–Crippen LogP) is 1.43. The van der Waals surface area contributed by atoms with E-state index in [1.54, 1.807) is 41.3 Å². The van der Waals surface area contributed by atoms with Crippen LogP contribution in [0.3, 0.4) is 0 Å². The van der Waals surface area contributed by atoms with Crippen LogP contribution in [-0.4, -0.2) is 102 Å². The van der Waals surface area contributed by atoms with Crippen molar-refractivity contribution in [3.63, 3.8) is 0 Å². The van der Waals surface area contributed by atoms with E-state index in [0.717, 1.165) is 47.1 Å². The number of para-hydroxylation sites is 1. The molecule has 1 amide bonds. The van der Waals surface area contributed by atoms with Gasteiger partial charge in [-0.1, -0.05) is 12.1 Å². The van der Waals surface area contributed by atoms with E-state index in [9.17, 15) is 21.6 Å². The largest absolute Gasteiger partial charge is 0.355 e. The van der Waals surface area contributed by atoms with Gasteiger partial charge in [0.2, 0.25) is 26.0 Å². The highest BCUT2D eigenvalue weighted by Crippen LogP contribution is 2.34. The minimum absolute atomic E-state index is 0.130. The number of aryl methyl sites for hydroxylation is 1. The second-order valence-electron chi connectivity index (χ2n) is 11.8. The van der Waals surface area contributed by atoms with Gasteiger partial charge in [-0.05, 0) is 55.7 Å². The van der Waals surface area contributed by atoms with Crippen LogP contribution >= 0.6 is 0 Å². The quantitative estimate of drug-likeness (QED) is 0.396. The molecule has 15 heteroatoms. The highest BCUT2D eigenvalue weighted by molar-refractivity contribution is 7.92. The van der Waals surface area contributed by atoms with E-state index in [0.29, 0.717) is 37.7 Å². The molecule has 2 fully saturated rings. The summed E-state index contributed by atoms with van der Waals surface area (Å²) in [5.74, 6) is 1.09. The van der Waals surface area contributed by atoms with Crippen LogP contribution in [0.25, 0.3) is 0 Å². The number of piperazine rings is 1. The van der Waals surface area contributed by atoms with Crippen molar-refractivity contribution in [2.45, 2.75) is 30.7 Å². The Morgan fingerprint density at radius 3 is 2.36 bits per heavy atom. The van der Waals surface area contributed by atoms with Crippen molar-refractivity contribution in [2.24, 2.45) is 5.73 Å². The summed E-state index contributed by atoms with van der Waals surface area (Å²) in [7, 11) is -5.96. The molecule has 3 aliphatic rings. The Hall–Kier alpha value is -3.79. The van der Waals surface area contributed by atoms with E-state index in [1.807, 2.05) is 17.9 Å². The smallest absolute Gasteiger partial charge is 0.260 e. The predicted molar refractivity (Wildman–Crippen MR) is 174 cm³/mol. The first kappa shape index (κ1) is 31.2. The number of sulfonamides is 2. The highest BCUT2D eigenvalue weighted by Gasteiger charge is 2.33. The van der Waals surface area contributed by atoms with Crippen LogP contribution in [0, 0.1) is 6.92 Å². The van der Waals surface area contributed by atoms with Gasteiger partial charge >= 0.3 is 0 Å². The number of nitrogens with zero attached hydrogens (tertiary/aromatic N) is 7. The topological polar surface area (TPSA) is 153 Å². The number of hydrogen-bond acceptors (Lipinski definition) is 10. The molecule has 0 spiro atoms. The maximum absolute atomic E-state index is 13.7. The van der Waals surface area contributed by atoms with Crippen LogP contribution in [-0.2, 0) is 26.5 Å². The Kier molecular flexibility index (Phi) is 8.22. The number of rotatable bonds is 7. The van der Waals surface area contributed by atoms with Crippen molar-refractivity contribution in [3.8, 4) is 0 Å². The van der Waals surface area contributed by atoms with Crippen LogP contribution < -0.4 is 24.7 Å². The zero-order valence-electron chi connectivity index (χ0n) is 25.6. The van der Waals surface area contributed by atoms with Crippen LogP contribution in [0.1, 0.15) is 28.0 Å². The molecule has 13 nitrogen and oxygen atoms in total. The van der Waals surface area contributed by atoms with Crippen molar-refractivity contribution >= 4 is 49.1 Å². The third-order valence-electron chi connectivity index (χ3n) is 8.70.